The molecule has 2 aromatic carbocycles. The number of carbonyl (C=O) groups excluding carboxylic acids is 1. The van der Waals surface area contributed by atoms with Crippen LogP contribution in [-0.4, -0.2) is 17.1 Å². The Balaban J connectivity index is 1.63. The van der Waals surface area contributed by atoms with Crippen molar-refractivity contribution >= 4 is 46.6 Å². The number of aromatic nitrogens is 1. The third-order valence-electron chi connectivity index (χ3n) is 6.53. The van der Waals surface area contributed by atoms with Gasteiger partial charge >= 0.3 is 5.97 Å². The van der Waals surface area contributed by atoms with Crippen molar-refractivity contribution in [2.24, 2.45) is 4.99 Å². The number of benzene rings is 2. The quantitative estimate of drug-likeness (QED) is 0.244. The summed E-state index contributed by atoms with van der Waals surface area (Å²) in [6.45, 7) is 7.98. The topological polar surface area (TPSA) is 73.8 Å². The molecule has 1 atom stereocenters. The van der Waals surface area contributed by atoms with E-state index in [1.54, 1.807) is 54.8 Å². The number of rotatable bonds is 6. The summed E-state index contributed by atoms with van der Waals surface area (Å²) < 4.78 is 13.4. The molecule has 0 saturated carbocycles. The minimum atomic E-state index is -0.666. The maximum absolute atomic E-state index is 13.8. The molecule has 0 bridgehead atoms. The summed E-state index contributed by atoms with van der Waals surface area (Å²) in [5, 5.41) is 1.04. The molecular formula is C30H26Cl2N2O4S. The van der Waals surface area contributed by atoms with E-state index in [0.29, 0.717) is 53.7 Å². The van der Waals surface area contributed by atoms with Gasteiger partial charge in [-0.05, 0) is 61.2 Å². The van der Waals surface area contributed by atoms with Crippen LogP contribution in [0.3, 0.4) is 0 Å². The van der Waals surface area contributed by atoms with E-state index < -0.39 is 12.0 Å². The van der Waals surface area contributed by atoms with E-state index in [0.717, 1.165) is 11.1 Å². The number of halogens is 2. The smallest absolute Gasteiger partial charge is 0.338 e. The lowest BCUT2D eigenvalue weighted by atomic mass is 9.93. The second kappa shape index (κ2) is 11.0. The molecule has 0 N–H and O–H groups in total. The molecule has 0 saturated heterocycles. The zero-order valence-corrected chi connectivity index (χ0v) is 24.2. The number of ether oxygens (including phenoxy) is 1. The first-order chi connectivity index (χ1) is 18.7. The van der Waals surface area contributed by atoms with E-state index in [2.05, 4.69) is 18.8 Å². The molecule has 0 amide bonds. The number of carbonyl (C=O) groups is 1. The third kappa shape index (κ3) is 5.26. The van der Waals surface area contributed by atoms with Crippen LogP contribution in [0.5, 0.6) is 0 Å². The molecule has 39 heavy (non-hydrogen) atoms. The fourth-order valence-corrected chi connectivity index (χ4v) is 5.97. The molecule has 0 fully saturated rings. The normalized spacial score (nSPS) is 15.5. The van der Waals surface area contributed by atoms with Gasteiger partial charge in [0.15, 0.2) is 4.80 Å². The van der Waals surface area contributed by atoms with Crippen molar-refractivity contribution < 1.29 is 13.9 Å². The number of furan rings is 1. The van der Waals surface area contributed by atoms with Crippen LogP contribution >= 0.6 is 34.5 Å². The fraction of sp³-hybridized carbons (Fsp3) is 0.233. The lowest BCUT2D eigenvalue weighted by Gasteiger charge is -2.25. The maximum Gasteiger partial charge on any atom is 0.338 e. The van der Waals surface area contributed by atoms with E-state index >= 15 is 0 Å². The first-order valence-electron chi connectivity index (χ1n) is 12.5. The molecule has 9 heteroatoms. The van der Waals surface area contributed by atoms with Crippen molar-refractivity contribution in [1.29, 1.82) is 0 Å². The van der Waals surface area contributed by atoms with E-state index in [9.17, 15) is 9.59 Å². The third-order valence-corrected chi connectivity index (χ3v) is 8.08. The van der Waals surface area contributed by atoms with Gasteiger partial charge in [-0.15, -0.1) is 0 Å². The predicted octanol–water partition coefficient (Wildman–Crippen LogP) is 6.49. The molecule has 1 aliphatic heterocycles. The molecule has 1 unspecified atom stereocenters. The van der Waals surface area contributed by atoms with Crippen molar-refractivity contribution in [2.45, 2.75) is 39.7 Å². The van der Waals surface area contributed by atoms with E-state index in [4.69, 9.17) is 32.4 Å². The Kier molecular flexibility index (Phi) is 7.67. The Morgan fingerprint density at radius 1 is 1.15 bits per heavy atom. The average molecular weight is 582 g/mol. The van der Waals surface area contributed by atoms with Gasteiger partial charge < -0.3 is 9.15 Å². The lowest BCUT2D eigenvalue weighted by molar-refractivity contribution is -0.139. The highest BCUT2D eigenvalue weighted by molar-refractivity contribution is 7.07. The van der Waals surface area contributed by atoms with Crippen LogP contribution in [-0.2, 0) is 9.53 Å². The molecule has 0 radical (unpaired) electrons. The van der Waals surface area contributed by atoms with Crippen LogP contribution in [0.15, 0.2) is 80.1 Å². The summed E-state index contributed by atoms with van der Waals surface area (Å²) >= 11 is 13.7. The molecule has 3 heterocycles. The van der Waals surface area contributed by atoms with Crippen LogP contribution in [0.2, 0.25) is 10.0 Å². The summed E-state index contributed by atoms with van der Waals surface area (Å²) in [5.74, 6) is 0.874. The molecule has 4 aromatic rings. The van der Waals surface area contributed by atoms with Crippen molar-refractivity contribution in [3.05, 3.63) is 112 Å². The summed E-state index contributed by atoms with van der Waals surface area (Å²) in [6.07, 6.45) is 1.67. The first kappa shape index (κ1) is 27.2. The zero-order chi connectivity index (χ0) is 27.8. The van der Waals surface area contributed by atoms with Crippen molar-refractivity contribution in [3.8, 4) is 11.3 Å². The van der Waals surface area contributed by atoms with Gasteiger partial charge in [-0.2, -0.15) is 0 Å². The Hall–Kier alpha value is -3.39. The van der Waals surface area contributed by atoms with Crippen LogP contribution < -0.4 is 14.9 Å². The van der Waals surface area contributed by atoms with Crippen molar-refractivity contribution in [3.63, 3.8) is 0 Å². The highest BCUT2D eigenvalue weighted by Crippen LogP contribution is 2.33. The van der Waals surface area contributed by atoms with Crippen molar-refractivity contribution in [2.75, 3.05) is 6.61 Å². The Morgan fingerprint density at radius 2 is 1.90 bits per heavy atom. The fourth-order valence-electron chi connectivity index (χ4n) is 4.56. The molecule has 0 aliphatic carbocycles. The van der Waals surface area contributed by atoms with Crippen LogP contribution in [0.1, 0.15) is 56.5 Å². The Bertz CT molecular complexity index is 1780. The molecule has 5 rings (SSSR count). The van der Waals surface area contributed by atoms with Gasteiger partial charge in [-0.25, -0.2) is 9.79 Å². The number of allylic oxidation sites excluding steroid dienone is 1. The van der Waals surface area contributed by atoms with Gasteiger partial charge in [0.05, 0.1) is 33.5 Å². The van der Waals surface area contributed by atoms with Crippen LogP contribution in [0.4, 0.5) is 0 Å². The molecule has 1 aliphatic rings. The second-order valence-corrected chi connectivity index (χ2v) is 11.3. The molecule has 200 valence electrons. The van der Waals surface area contributed by atoms with E-state index in [-0.39, 0.29) is 12.2 Å². The first-order valence-corrected chi connectivity index (χ1v) is 14.1. The van der Waals surface area contributed by atoms with Gasteiger partial charge in [0.1, 0.15) is 11.5 Å². The average Bonchev–Trinajstić information content (AvgIpc) is 3.49. The SMILES string of the molecule is CCOC(=O)C1=C(C)N=c2s/c(=C\c3ccc(-c4cc(Cl)ccc4Cl)o3)c(=O)n2C1c1ccc(C(C)C)cc1. The number of nitrogens with zero attached hydrogens (tertiary/aromatic N) is 2. The molecule has 6 nitrogen and oxygen atoms in total. The number of hydrogen-bond donors (Lipinski definition) is 0. The summed E-state index contributed by atoms with van der Waals surface area (Å²) in [6, 6.07) is 16.0. The largest absolute Gasteiger partial charge is 0.463 e. The monoisotopic (exact) mass is 580 g/mol. The van der Waals surface area contributed by atoms with Gasteiger partial charge in [0.25, 0.3) is 5.56 Å². The summed E-state index contributed by atoms with van der Waals surface area (Å²) in [7, 11) is 0. The standard InChI is InChI=1S/C30H26Cl2N2O4S/c1-5-37-29(36)26-17(4)33-30-34(27(26)19-8-6-18(7-9-19)16(2)3)28(35)25(39-30)15-21-11-13-24(38-21)22-14-20(31)10-12-23(22)32/h6-16,27H,5H2,1-4H3/b25-15-. The predicted molar refractivity (Wildman–Crippen MR) is 155 cm³/mol. The number of thiazole rings is 1. The highest BCUT2D eigenvalue weighted by Gasteiger charge is 2.33. The number of hydrogen-bond acceptors (Lipinski definition) is 6. The number of esters is 1. The maximum atomic E-state index is 13.8. The Labute approximate surface area is 239 Å². The molecule has 2 aromatic heterocycles. The Morgan fingerprint density at radius 3 is 2.59 bits per heavy atom. The summed E-state index contributed by atoms with van der Waals surface area (Å²) in [5.41, 5.74) is 3.23. The van der Waals surface area contributed by atoms with Gasteiger partial charge in [0, 0.05) is 16.7 Å². The minimum Gasteiger partial charge on any atom is -0.463 e. The van der Waals surface area contributed by atoms with Gasteiger partial charge in [0.2, 0.25) is 0 Å². The van der Waals surface area contributed by atoms with Crippen molar-refractivity contribution in [1.82, 2.24) is 4.57 Å². The van der Waals surface area contributed by atoms with E-state index in [1.165, 1.54) is 11.3 Å². The number of fused-ring (bicyclic) bond motifs is 1. The second-order valence-electron chi connectivity index (χ2n) is 9.45. The van der Waals surface area contributed by atoms with Crippen LogP contribution in [0, 0.1) is 0 Å². The van der Waals surface area contributed by atoms with E-state index in [1.807, 2.05) is 24.3 Å². The minimum absolute atomic E-state index is 0.219. The molecular weight excluding hydrogens is 555 g/mol. The highest BCUT2D eigenvalue weighted by atomic mass is 35.5. The zero-order valence-electron chi connectivity index (χ0n) is 21.8. The van der Waals surface area contributed by atoms with Crippen LogP contribution in [0.25, 0.3) is 17.4 Å². The lowest BCUT2D eigenvalue weighted by Crippen LogP contribution is -2.39. The molecule has 0 spiro atoms. The summed E-state index contributed by atoms with van der Waals surface area (Å²) in [4.78, 5) is 32.0. The van der Waals surface area contributed by atoms with Gasteiger partial charge in [-0.1, -0.05) is 72.7 Å². The van der Waals surface area contributed by atoms with Gasteiger partial charge in [-0.3, -0.25) is 9.36 Å².